The zero-order chi connectivity index (χ0) is 9.90. The molecule has 0 radical (unpaired) electrons. The van der Waals surface area contributed by atoms with E-state index in [1.807, 2.05) is 6.92 Å². The standard InChI is InChI=1S/C9H10O3S.Na.H/c1-3-12-13(10,11)9-6-4-8(2)5-7-9;;/h3-7H,1H2,2H3;;. The maximum absolute atomic E-state index is 11.3. The van der Waals surface area contributed by atoms with E-state index < -0.39 is 10.1 Å². The summed E-state index contributed by atoms with van der Waals surface area (Å²) in [6.45, 7) is 5.07. The Morgan fingerprint density at radius 1 is 1.29 bits per heavy atom. The molecule has 0 amide bonds. The second-order valence-corrected chi connectivity index (χ2v) is 4.10. The average Bonchev–Trinajstić information content (AvgIpc) is 2.05. The monoisotopic (exact) mass is 222 g/mol. The zero-order valence-corrected chi connectivity index (χ0v) is 8.04. The van der Waals surface area contributed by atoms with Crippen LogP contribution in [0.1, 0.15) is 5.56 Å². The molecule has 72 valence electrons. The number of aryl methyl sites for hydroxylation is 1. The van der Waals surface area contributed by atoms with Gasteiger partial charge in [0.25, 0.3) is 0 Å². The molecule has 0 bridgehead atoms. The molecule has 14 heavy (non-hydrogen) atoms. The quantitative estimate of drug-likeness (QED) is 0.438. The van der Waals surface area contributed by atoms with Crippen LogP contribution in [0.25, 0.3) is 0 Å². The molecule has 0 spiro atoms. The molecule has 5 heteroatoms. The summed E-state index contributed by atoms with van der Waals surface area (Å²) in [5.41, 5.74) is 0.998. The van der Waals surface area contributed by atoms with Crippen LogP contribution in [0.4, 0.5) is 0 Å². The summed E-state index contributed by atoms with van der Waals surface area (Å²) >= 11 is 0. The Morgan fingerprint density at radius 3 is 2.21 bits per heavy atom. The van der Waals surface area contributed by atoms with Crippen molar-refractivity contribution in [1.29, 1.82) is 0 Å². The molecular weight excluding hydrogens is 211 g/mol. The number of hydrogen-bond acceptors (Lipinski definition) is 3. The molecule has 0 saturated carbocycles. The molecular formula is C9H11NaO3S. The van der Waals surface area contributed by atoms with E-state index >= 15 is 0 Å². The molecule has 0 atom stereocenters. The van der Waals surface area contributed by atoms with Crippen molar-refractivity contribution in [3.05, 3.63) is 42.7 Å². The van der Waals surface area contributed by atoms with Crippen molar-refractivity contribution in [3.63, 3.8) is 0 Å². The van der Waals surface area contributed by atoms with Gasteiger partial charge in [0.05, 0.1) is 6.26 Å². The van der Waals surface area contributed by atoms with Crippen molar-refractivity contribution in [3.8, 4) is 0 Å². The van der Waals surface area contributed by atoms with E-state index in [0.29, 0.717) is 0 Å². The first-order chi connectivity index (χ1) is 6.06. The first kappa shape index (κ1) is 13.7. The molecule has 0 aliphatic carbocycles. The van der Waals surface area contributed by atoms with E-state index in [0.717, 1.165) is 11.8 Å². The third-order valence-electron chi connectivity index (χ3n) is 1.50. The maximum atomic E-state index is 11.3. The first-order valence-corrected chi connectivity index (χ1v) is 5.08. The van der Waals surface area contributed by atoms with Crippen molar-refractivity contribution in [2.24, 2.45) is 0 Å². The molecule has 3 nitrogen and oxygen atoms in total. The molecule has 0 unspecified atom stereocenters. The minimum atomic E-state index is -3.65. The van der Waals surface area contributed by atoms with E-state index in [1.54, 1.807) is 12.1 Å². The second-order valence-electron chi connectivity index (χ2n) is 2.53. The van der Waals surface area contributed by atoms with Gasteiger partial charge in [-0.2, -0.15) is 8.42 Å². The van der Waals surface area contributed by atoms with Crippen LogP contribution >= 0.6 is 0 Å². The summed E-state index contributed by atoms with van der Waals surface area (Å²) in [5.74, 6) is 0. The van der Waals surface area contributed by atoms with E-state index in [9.17, 15) is 8.42 Å². The van der Waals surface area contributed by atoms with Gasteiger partial charge in [0.1, 0.15) is 4.90 Å². The van der Waals surface area contributed by atoms with E-state index in [4.69, 9.17) is 0 Å². The Balaban J connectivity index is 0.00000169. The van der Waals surface area contributed by atoms with Gasteiger partial charge in [-0.1, -0.05) is 24.3 Å². The summed E-state index contributed by atoms with van der Waals surface area (Å²) in [6, 6.07) is 6.40. The van der Waals surface area contributed by atoms with Gasteiger partial charge in [-0.3, -0.25) is 0 Å². The van der Waals surface area contributed by atoms with Crippen LogP contribution < -0.4 is 0 Å². The summed E-state index contributed by atoms with van der Waals surface area (Å²) in [7, 11) is -3.65. The Bertz CT molecular complexity index is 395. The van der Waals surface area contributed by atoms with E-state index in [1.165, 1.54) is 12.1 Å². The summed E-state index contributed by atoms with van der Waals surface area (Å²) in [5, 5.41) is 0. The van der Waals surface area contributed by atoms with Gasteiger partial charge in [0.2, 0.25) is 0 Å². The fraction of sp³-hybridized carbons (Fsp3) is 0.111. The van der Waals surface area contributed by atoms with Gasteiger partial charge >= 0.3 is 39.7 Å². The van der Waals surface area contributed by atoms with Crippen molar-refractivity contribution in [2.45, 2.75) is 11.8 Å². The molecule has 1 aromatic carbocycles. The van der Waals surface area contributed by atoms with Gasteiger partial charge in [-0.05, 0) is 19.1 Å². The van der Waals surface area contributed by atoms with Gasteiger partial charge in [-0.15, -0.1) is 0 Å². The fourth-order valence-corrected chi connectivity index (χ4v) is 1.61. The van der Waals surface area contributed by atoms with Crippen LogP contribution in [0, 0.1) is 6.92 Å². The SMILES string of the molecule is C=COS(=O)(=O)c1ccc(C)cc1.[NaH]. The van der Waals surface area contributed by atoms with Gasteiger partial charge in [-0.25, -0.2) is 0 Å². The number of rotatable bonds is 3. The number of hydrogen-bond donors (Lipinski definition) is 0. The summed E-state index contributed by atoms with van der Waals surface area (Å²) in [6.07, 6.45) is 0.898. The van der Waals surface area contributed by atoms with E-state index in [2.05, 4.69) is 10.8 Å². The second kappa shape index (κ2) is 5.56. The predicted octanol–water partition coefficient (Wildman–Crippen LogP) is 1.20. The normalized spacial score (nSPS) is 10.1. The van der Waals surface area contributed by atoms with Crippen LogP contribution in [0.15, 0.2) is 42.0 Å². The number of benzene rings is 1. The topological polar surface area (TPSA) is 43.4 Å². The Hall–Kier alpha value is -0.290. The molecule has 1 aromatic rings. The van der Waals surface area contributed by atoms with Crippen LogP contribution in [0.5, 0.6) is 0 Å². The Labute approximate surface area is 106 Å². The van der Waals surface area contributed by atoms with Crippen molar-refractivity contribution in [2.75, 3.05) is 0 Å². The average molecular weight is 222 g/mol. The fourth-order valence-electron chi connectivity index (χ4n) is 0.850. The predicted molar refractivity (Wildman–Crippen MR) is 56.8 cm³/mol. The van der Waals surface area contributed by atoms with Crippen LogP contribution in [0.3, 0.4) is 0 Å². The van der Waals surface area contributed by atoms with Crippen LogP contribution in [0.2, 0.25) is 0 Å². The van der Waals surface area contributed by atoms with Crippen molar-refractivity contribution in [1.82, 2.24) is 0 Å². The molecule has 0 heterocycles. The van der Waals surface area contributed by atoms with Gasteiger partial charge in [0, 0.05) is 0 Å². The first-order valence-electron chi connectivity index (χ1n) is 3.67. The Kier molecular flexibility index (Phi) is 5.44. The van der Waals surface area contributed by atoms with Gasteiger partial charge in [0.15, 0.2) is 0 Å². The van der Waals surface area contributed by atoms with Crippen LogP contribution in [-0.2, 0) is 14.3 Å². The molecule has 1 rings (SSSR count). The molecule has 0 aromatic heterocycles. The molecule has 0 aliphatic rings. The molecule has 0 saturated heterocycles. The third kappa shape index (κ3) is 3.46. The van der Waals surface area contributed by atoms with Crippen molar-refractivity contribution < 1.29 is 12.6 Å². The zero-order valence-electron chi connectivity index (χ0n) is 7.23. The minimum absolute atomic E-state index is 0. The Morgan fingerprint density at radius 2 is 1.79 bits per heavy atom. The molecule has 0 fully saturated rings. The molecule has 0 aliphatic heterocycles. The molecule has 0 N–H and O–H groups in total. The van der Waals surface area contributed by atoms with Crippen molar-refractivity contribution >= 4 is 39.7 Å². The van der Waals surface area contributed by atoms with E-state index in [-0.39, 0.29) is 34.5 Å². The van der Waals surface area contributed by atoms with Crippen LogP contribution in [-0.4, -0.2) is 38.0 Å². The summed E-state index contributed by atoms with van der Waals surface area (Å²) < 4.78 is 26.9. The summed E-state index contributed by atoms with van der Waals surface area (Å²) in [4.78, 5) is 0.137. The van der Waals surface area contributed by atoms with Gasteiger partial charge < -0.3 is 4.18 Å². The third-order valence-corrected chi connectivity index (χ3v) is 2.74.